The third kappa shape index (κ3) is 2.46. The normalized spacial score (nSPS) is 24.3. The summed E-state index contributed by atoms with van der Waals surface area (Å²) in [6, 6.07) is 0.0248. The average molecular weight is 226 g/mol. The second-order valence-electron chi connectivity index (χ2n) is 4.33. The summed E-state index contributed by atoms with van der Waals surface area (Å²) in [6.07, 6.45) is 3.39. The summed E-state index contributed by atoms with van der Waals surface area (Å²) in [5.41, 5.74) is 0. The van der Waals surface area contributed by atoms with Gasteiger partial charge in [-0.25, -0.2) is 4.79 Å². The Morgan fingerprint density at radius 2 is 2.12 bits per heavy atom. The zero-order chi connectivity index (χ0) is 11.5. The molecular weight excluding hydrogens is 208 g/mol. The number of rotatable bonds is 3. The van der Waals surface area contributed by atoms with Crippen molar-refractivity contribution in [3.8, 4) is 0 Å². The minimum atomic E-state index is -0.365. The van der Waals surface area contributed by atoms with Crippen LogP contribution >= 0.6 is 0 Å². The van der Waals surface area contributed by atoms with Crippen molar-refractivity contribution in [2.45, 2.75) is 44.7 Å². The fraction of sp³-hybridized carbons (Fsp3) is 0.818. The maximum Gasteiger partial charge on any atom is 0.410 e. The van der Waals surface area contributed by atoms with Gasteiger partial charge in [0.1, 0.15) is 6.04 Å². The second-order valence-corrected chi connectivity index (χ2v) is 4.33. The number of likely N-dealkylation sites (tertiary alicyclic amines) is 1. The van der Waals surface area contributed by atoms with Crippen LogP contribution in [-0.2, 0) is 9.53 Å². The molecule has 2 rings (SSSR count). The van der Waals surface area contributed by atoms with Crippen LogP contribution in [0.25, 0.3) is 0 Å². The third-order valence-electron chi connectivity index (χ3n) is 2.98. The molecule has 1 aliphatic heterocycles. The molecule has 0 aromatic rings. The molecule has 1 heterocycles. The molecule has 0 bridgehead atoms. The Balaban J connectivity index is 1.90. The molecule has 0 aromatic heterocycles. The van der Waals surface area contributed by atoms with Crippen LogP contribution in [0.4, 0.5) is 4.79 Å². The average Bonchev–Trinajstić information content (AvgIpc) is 2.93. The lowest BCUT2D eigenvalue weighted by atomic mass is 10.2. The number of carbonyl (C=O) groups is 2. The summed E-state index contributed by atoms with van der Waals surface area (Å²) in [5.74, 6) is -0.0203. The van der Waals surface area contributed by atoms with Gasteiger partial charge in [0, 0.05) is 12.6 Å². The summed E-state index contributed by atoms with van der Waals surface area (Å²) in [7, 11) is 0. The monoisotopic (exact) mass is 226 g/mol. The van der Waals surface area contributed by atoms with Gasteiger partial charge in [0.05, 0.1) is 6.61 Å². The second kappa shape index (κ2) is 4.72. The van der Waals surface area contributed by atoms with Crippen LogP contribution < -0.4 is 5.32 Å². The smallest absolute Gasteiger partial charge is 0.410 e. The van der Waals surface area contributed by atoms with Crippen LogP contribution in [0.15, 0.2) is 0 Å². The third-order valence-corrected chi connectivity index (χ3v) is 2.98. The van der Waals surface area contributed by atoms with Gasteiger partial charge in [0.25, 0.3) is 0 Å². The summed E-state index contributed by atoms with van der Waals surface area (Å²) in [6.45, 7) is 2.75. The molecule has 0 aromatic carbocycles. The highest BCUT2D eigenvalue weighted by molar-refractivity contribution is 5.86. The zero-order valence-corrected chi connectivity index (χ0v) is 9.57. The molecule has 0 radical (unpaired) electrons. The Kier molecular flexibility index (Phi) is 3.31. The topological polar surface area (TPSA) is 58.6 Å². The van der Waals surface area contributed by atoms with Crippen LogP contribution in [0.5, 0.6) is 0 Å². The van der Waals surface area contributed by atoms with Crippen molar-refractivity contribution in [1.29, 1.82) is 0 Å². The number of nitrogens with one attached hydrogen (secondary N) is 1. The van der Waals surface area contributed by atoms with E-state index < -0.39 is 0 Å². The number of amides is 2. The van der Waals surface area contributed by atoms with E-state index in [0.29, 0.717) is 19.2 Å². The van der Waals surface area contributed by atoms with Crippen molar-refractivity contribution in [2.75, 3.05) is 13.2 Å². The summed E-state index contributed by atoms with van der Waals surface area (Å²) < 4.78 is 4.93. The van der Waals surface area contributed by atoms with E-state index in [1.54, 1.807) is 11.8 Å². The minimum Gasteiger partial charge on any atom is -0.450 e. The van der Waals surface area contributed by atoms with Crippen LogP contribution in [-0.4, -0.2) is 42.1 Å². The first kappa shape index (κ1) is 11.2. The molecular formula is C11H18N2O3. The fourth-order valence-electron chi connectivity index (χ4n) is 1.99. The number of hydrogen-bond acceptors (Lipinski definition) is 3. The highest BCUT2D eigenvalue weighted by atomic mass is 16.6. The van der Waals surface area contributed by atoms with Gasteiger partial charge in [-0.2, -0.15) is 0 Å². The molecule has 2 fully saturated rings. The molecule has 1 aliphatic carbocycles. The van der Waals surface area contributed by atoms with Gasteiger partial charge in [0.2, 0.25) is 5.91 Å². The lowest BCUT2D eigenvalue weighted by Crippen LogP contribution is -2.46. The van der Waals surface area contributed by atoms with Gasteiger partial charge >= 0.3 is 6.09 Å². The molecule has 2 amide bonds. The van der Waals surface area contributed by atoms with Gasteiger partial charge < -0.3 is 10.1 Å². The van der Waals surface area contributed by atoms with Crippen molar-refractivity contribution in [1.82, 2.24) is 10.2 Å². The van der Waals surface area contributed by atoms with Crippen LogP contribution in [0.3, 0.4) is 0 Å². The van der Waals surface area contributed by atoms with Crippen molar-refractivity contribution in [2.24, 2.45) is 0 Å². The molecule has 1 saturated carbocycles. The highest BCUT2D eigenvalue weighted by Crippen LogP contribution is 2.22. The Morgan fingerprint density at radius 1 is 1.38 bits per heavy atom. The van der Waals surface area contributed by atoms with E-state index in [2.05, 4.69) is 5.32 Å². The minimum absolute atomic E-state index is 0.0203. The van der Waals surface area contributed by atoms with Crippen LogP contribution in [0, 0.1) is 0 Å². The molecule has 0 spiro atoms. The Morgan fingerprint density at radius 3 is 2.75 bits per heavy atom. The number of carbonyl (C=O) groups excluding carboxylic acids is 2. The molecule has 5 nitrogen and oxygen atoms in total. The van der Waals surface area contributed by atoms with Gasteiger partial charge in [-0.15, -0.1) is 0 Å². The van der Waals surface area contributed by atoms with Crippen LogP contribution in [0.2, 0.25) is 0 Å². The van der Waals surface area contributed by atoms with Gasteiger partial charge in [-0.1, -0.05) is 0 Å². The summed E-state index contributed by atoms with van der Waals surface area (Å²) >= 11 is 0. The van der Waals surface area contributed by atoms with E-state index in [-0.39, 0.29) is 18.0 Å². The standard InChI is InChI=1S/C11H18N2O3/c1-2-16-11(15)13-7-3-4-9(13)10(14)12-8-5-6-8/h8-9H,2-7H2,1H3,(H,12,14). The predicted molar refractivity (Wildman–Crippen MR) is 57.9 cm³/mol. The van der Waals surface area contributed by atoms with Crippen molar-refractivity contribution in [3.05, 3.63) is 0 Å². The van der Waals surface area contributed by atoms with Gasteiger partial charge in [-0.05, 0) is 32.6 Å². The molecule has 1 unspecified atom stereocenters. The quantitative estimate of drug-likeness (QED) is 0.777. The molecule has 90 valence electrons. The number of nitrogens with zero attached hydrogens (tertiary/aromatic N) is 1. The first-order valence-corrected chi connectivity index (χ1v) is 5.96. The maximum atomic E-state index is 11.9. The summed E-state index contributed by atoms with van der Waals surface area (Å²) in [5, 5.41) is 2.93. The van der Waals surface area contributed by atoms with Crippen molar-refractivity contribution in [3.63, 3.8) is 0 Å². The van der Waals surface area contributed by atoms with Gasteiger partial charge in [-0.3, -0.25) is 9.69 Å². The maximum absolute atomic E-state index is 11.9. The van der Waals surface area contributed by atoms with Gasteiger partial charge in [0.15, 0.2) is 0 Å². The first-order chi connectivity index (χ1) is 7.72. The van der Waals surface area contributed by atoms with Crippen molar-refractivity contribution < 1.29 is 14.3 Å². The SMILES string of the molecule is CCOC(=O)N1CCCC1C(=O)NC1CC1. The molecule has 1 saturated heterocycles. The van der Waals surface area contributed by atoms with E-state index in [1.165, 1.54) is 0 Å². The molecule has 1 atom stereocenters. The Labute approximate surface area is 95.1 Å². The molecule has 2 aliphatic rings. The zero-order valence-electron chi connectivity index (χ0n) is 9.57. The number of hydrogen-bond donors (Lipinski definition) is 1. The lowest BCUT2D eigenvalue weighted by molar-refractivity contribution is -0.125. The summed E-state index contributed by atoms with van der Waals surface area (Å²) in [4.78, 5) is 25.0. The van der Waals surface area contributed by atoms with Crippen molar-refractivity contribution >= 4 is 12.0 Å². The Bertz CT molecular complexity index is 289. The van der Waals surface area contributed by atoms with E-state index in [1.807, 2.05) is 0 Å². The molecule has 5 heteroatoms. The highest BCUT2D eigenvalue weighted by Gasteiger charge is 2.37. The molecule has 16 heavy (non-hydrogen) atoms. The van der Waals surface area contributed by atoms with E-state index in [9.17, 15) is 9.59 Å². The number of ether oxygens (including phenoxy) is 1. The fourth-order valence-corrected chi connectivity index (χ4v) is 1.99. The van der Waals surface area contributed by atoms with Crippen LogP contribution in [0.1, 0.15) is 32.6 Å². The molecule has 1 N–H and O–H groups in total. The van der Waals surface area contributed by atoms with E-state index in [4.69, 9.17) is 4.74 Å². The first-order valence-electron chi connectivity index (χ1n) is 5.96. The predicted octanol–water partition coefficient (Wildman–Crippen LogP) is 0.886. The van der Waals surface area contributed by atoms with E-state index in [0.717, 1.165) is 25.7 Å². The Hall–Kier alpha value is -1.26. The largest absolute Gasteiger partial charge is 0.450 e. The lowest BCUT2D eigenvalue weighted by Gasteiger charge is -2.22. The van der Waals surface area contributed by atoms with E-state index >= 15 is 0 Å².